The van der Waals surface area contributed by atoms with Crippen LogP contribution in [0.4, 0.5) is 4.79 Å². The Hall–Kier alpha value is -2.09. The molecule has 1 amide bonds. The lowest BCUT2D eigenvalue weighted by atomic mass is 9.94. The van der Waals surface area contributed by atoms with Crippen LogP contribution in [-0.4, -0.2) is 40.7 Å². The molecule has 0 heterocycles. The number of hydrogen-bond acceptors (Lipinski definition) is 6. The molecule has 8 heteroatoms. The summed E-state index contributed by atoms with van der Waals surface area (Å²) < 4.78 is 10.8. The summed E-state index contributed by atoms with van der Waals surface area (Å²) in [6.07, 6.45) is 0.467. The Morgan fingerprint density at radius 3 is 2.47 bits per heavy atom. The molecule has 0 saturated carbocycles. The van der Waals surface area contributed by atoms with E-state index in [-0.39, 0.29) is 12.4 Å². The van der Waals surface area contributed by atoms with Crippen molar-refractivity contribution >= 4 is 29.5 Å². The van der Waals surface area contributed by atoms with Crippen LogP contribution in [-0.2, 0) is 11.2 Å². The first kappa shape index (κ1) is 26.2. The Labute approximate surface area is 199 Å². The number of aryl methyl sites for hydroxylation is 1. The van der Waals surface area contributed by atoms with Gasteiger partial charge in [0, 0.05) is 9.92 Å². The van der Waals surface area contributed by atoms with Gasteiger partial charge in [0.2, 0.25) is 0 Å². The molecule has 2 aromatic carbocycles. The average Bonchev–Trinajstić information content (AvgIpc) is 2.68. The zero-order chi connectivity index (χ0) is 23.9. The quantitative estimate of drug-likeness (QED) is 0.419. The molecule has 0 spiro atoms. The number of phenols is 1. The Bertz CT molecular complexity index is 931. The van der Waals surface area contributed by atoms with Gasteiger partial charge in [0.1, 0.15) is 17.1 Å². The lowest BCUT2D eigenvalue weighted by Crippen LogP contribution is -2.50. The van der Waals surface area contributed by atoms with E-state index in [2.05, 4.69) is 5.32 Å². The number of carbonyl (C=O) groups excluding carboxylic acids is 1. The third-order valence-electron chi connectivity index (χ3n) is 4.59. The summed E-state index contributed by atoms with van der Waals surface area (Å²) in [5, 5.41) is 23.3. The molecule has 0 aliphatic heterocycles. The lowest BCUT2D eigenvalue weighted by Gasteiger charge is -2.30. The summed E-state index contributed by atoms with van der Waals surface area (Å²) >= 11 is 7.90. The molecule has 32 heavy (non-hydrogen) atoms. The van der Waals surface area contributed by atoms with Crippen LogP contribution in [0.25, 0.3) is 0 Å². The Morgan fingerprint density at radius 2 is 1.88 bits per heavy atom. The number of carbonyl (C=O) groups is 1. The predicted octanol–water partition coefficient (Wildman–Crippen LogP) is 5.80. The smallest absolute Gasteiger partial charge is 0.408 e. The zero-order valence-corrected chi connectivity index (χ0v) is 20.8. The molecular formula is C24H32ClNO5S. The van der Waals surface area contributed by atoms with Crippen molar-refractivity contribution in [2.45, 2.75) is 68.4 Å². The normalized spacial score (nSPS) is 13.3. The van der Waals surface area contributed by atoms with Crippen LogP contribution in [0, 0.1) is 0 Å². The number of rotatable bonds is 9. The lowest BCUT2D eigenvalue weighted by molar-refractivity contribution is 0.0407. The van der Waals surface area contributed by atoms with Gasteiger partial charge in [-0.2, -0.15) is 0 Å². The van der Waals surface area contributed by atoms with E-state index in [0.717, 1.165) is 10.5 Å². The maximum Gasteiger partial charge on any atom is 0.408 e. The van der Waals surface area contributed by atoms with Gasteiger partial charge in [-0.05, 0) is 83.4 Å². The molecule has 2 aromatic rings. The Kier molecular flexibility index (Phi) is 9.13. The van der Waals surface area contributed by atoms with Gasteiger partial charge >= 0.3 is 6.09 Å². The Balaban J connectivity index is 2.05. The second kappa shape index (κ2) is 11.2. The van der Waals surface area contributed by atoms with Crippen molar-refractivity contribution in [3.8, 4) is 11.5 Å². The highest BCUT2D eigenvalue weighted by Gasteiger charge is 2.28. The summed E-state index contributed by atoms with van der Waals surface area (Å²) in [6.45, 7) is 9.35. The van der Waals surface area contributed by atoms with Crippen molar-refractivity contribution < 1.29 is 24.5 Å². The van der Waals surface area contributed by atoms with Crippen LogP contribution in [0.1, 0.15) is 46.6 Å². The van der Waals surface area contributed by atoms with Crippen LogP contribution in [0.5, 0.6) is 11.5 Å². The molecule has 0 aliphatic rings. The van der Waals surface area contributed by atoms with Crippen LogP contribution in [0.2, 0.25) is 5.02 Å². The fourth-order valence-electron chi connectivity index (χ4n) is 2.90. The van der Waals surface area contributed by atoms with E-state index in [0.29, 0.717) is 35.1 Å². The number of ether oxygens (including phenoxy) is 2. The zero-order valence-electron chi connectivity index (χ0n) is 19.2. The second-order valence-electron chi connectivity index (χ2n) is 8.76. The first-order valence-electron chi connectivity index (χ1n) is 10.5. The van der Waals surface area contributed by atoms with Gasteiger partial charge < -0.3 is 25.0 Å². The largest absolute Gasteiger partial charge is 0.507 e. The number of aliphatic hydroxyl groups excluding tert-OH is 1. The molecule has 0 aliphatic carbocycles. The maximum absolute atomic E-state index is 12.1. The van der Waals surface area contributed by atoms with E-state index in [1.807, 2.05) is 25.1 Å². The van der Waals surface area contributed by atoms with Crippen LogP contribution in [0.15, 0.2) is 46.2 Å². The summed E-state index contributed by atoms with van der Waals surface area (Å²) in [7, 11) is 0. The molecule has 0 fully saturated rings. The minimum absolute atomic E-state index is 0.172. The highest BCUT2D eigenvalue weighted by molar-refractivity contribution is 7.99. The minimum atomic E-state index is -0.843. The number of benzene rings is 2. The van der Waals surface area contributed by atoms with Gasteiger partial charge in [0.25, 0.3) is 0 Å². The highest BCUT2D eigenvalue weighted by atomic mass is 35.5. The van der Waals surface area contributed by atoms with E-state index >= 15 is 0 Å². The number of hydrogen-bond donors (Lipinski definition) is 3. The molecule has 1 atom stereocenters. The topological polar surface area (TPSA) is 88.0 Å². The van der Waals surface area contributed by atoms with Crippen molar-refractivity contribution in [3.05, 3.63) is 47.0 Å². The molecule has 176 valence electrons. The summed E-state index contributed by atoms with van der Waals surface area (Å²) in [5.41, 5.74) is -0.563. The summed E-state index contributed by atoms with van der Waals surface area (Å²) in [5.74, 6) is 0.863. The molecule has 6 nitrogen and oxygen atoms in total. The van der Waals surface area contributed by atoms with Gasteiger partial charge in [-0.25, -0.2) is 4.79 Å². The van der Waals surface area contributed by atoms with E-state index in [1.54, 1.807) is 45.9 Å². The van der Waals surface area contributed by atoms with E-state index < -0.39 is 17.2 Å². The standard InChI is InChI=1S/C24H32ClNO5S/c1-6-30-17-8-10-20(28)21(13-17)32-18-9-7-16(19(25)14-18)11-12-24(5,15-27)26-22(29)31-23(2,3)4/h7-10,13-14,27-28H,6,11-12,15H2,1-5H3,(H,26,29). The second-order valence-corrected chi connectivity index (χ2v) is 10.3. The molecule has 0 aromatic heterocycles. The number of aromatic hydroxyl groups is 1. The van der Waals surface area contributed by atoms with Crippen molar-refractivity contribution in [2.75, 3.05) is 13.2 Å². The monoisotopic (exact) mass is 481 g/mol. The number of aliphatic hydroxyl groups is 1. The van der Waals surface area contributed by atoms with E-state index in [1.165, 1.54) is 11.8 Å². The Morgan fingerprint density at radius 1 is 1.16 bits per heavy atom. The molecule has 0 radical (unpaired) electrons. The maximum atomic E-state index is 12.1. The third-order valence-corrected chi connectivity index (χ3v) is 5.98. The fourth-order valence-corrected chi connectivity index (χ4v) is 4.15. The summed E-state index contributed by atoms with van der Waals surface area (Å²) in [6, 6.07) is 10.8. The van der Waals surface area contributed by atoms with Crippen LogP contribution < -0.4 is 10.1 Å². The first-order chi connectivity index (χ1) is 14.9. The number of phenolic OH excluding ortho intramolecular Hbond substituents is 1. The SMILES string of the molecule is CCOc1ccc(O)c(Sc2ccc(CCC(C)(CO)NC(=O)OC(C)(C)C)c(Cl)c2)c1. The van der Waals surface area contributed by atoms with E-state index in [4.69, 9.17) is 21.1 Å². The molecule has 0 saturated heterocycles. The van der Waals surface area contributed by atoms with Gasteiger partial charge in [-0.15, -0.1) is 0 Å². The molecular weight excluding hydrogens is 450 g/mol. The average molecular weight is 482 g/mol. The van der Waals surface area contributed by atoms with Crippen LogP contribution in [0.3, 0.4) is 0 Å². The van der Waals surface area contributed by atoms with Gasteiger partial charge in [0.05, 0.1) is 23.6 Å². The molecule has 3 N–H and O–H groups in total. The first-order valence-corrected chi connectivity index (χ1v) is 11.7. The number of alkyl carbamates (subject to hydrolysis) is 1. The predicted molar refractivity (Wildman–Crippen MR) is 128 cm³/mol. The van der Waals surface area contributed by atoms with Gasteiger partial charge in [-0.1, -0.05) is 29.4 Å². The number of nitrogens with one attached hydrogen (secondary N) is 1. The van der Waals surface area contributed by atoms with Gasteiger partial charge in [0.15, 0.2) is 0 Å². The number of amides is 1. The van der Waals surface area contributed by atoms with Crippen LogP contribution >= 0.6 is 23.4 Å². The van der Waals surface area contributed by atoms with Crippen molar-refractivity contribution in [2.24, 2.45) is 0 Å². The van der Waals surface area contributed by atoms with Crippen molar-refractivity contribution in [1.82, 2.24) is 5.32 Å². The molecule has 1 unspecified atom stereocenters. The van der Waals surface area contributed by atoms with Gasteiger partial charge in [-0.3, -0.25) is 0 Å². The van der Waals surface area contributed by atoms with Crippen molar-refractivity contribution in [1.29, 1.82) is 0 Å². The van der Waals surface area contributed by atoms with Crippen molar-refractivity contribution in [3.63, 3.8) is 0 Å². The third kappa shape index (κ3) is 8.11. The fraction of sp³-hybridized carbons (Fsp3) is 0.458. The minimum Gasteiger partial charge on any atom is -0.507 e. The molecule has 2 rings (SSSR count). The summed E-state index contributed by atoms with van der Waals surface area (Å²) in [4.78, 5) is 13.7. The molecule has 0 bridgehead atoms. The number of halogens is 1. The van der Waals surface area contributed by atoms with E-state index in [9.17, 15) is 15.0 Å². The highest BCUT2D eigenvalue weighted by Crippen LogP contribution is 2.38.